The van der Waals surface area contributed by atoms with E-state index < -0.39 is 0 Å². The number of anilines is 1. The minimum Gasteiger partial charge on any atom is -0.332 e. The number of carbonyl (C=O) groups is 2. The molecule has 128 valence electrons. The fourth-order valence-electron chi connectivity index (χ4n) is 2.57. The highest BCUT2D eigenvalue weighted by molar-refractivity contribution is 9.11. The number of halogens is 1. The van der Waals surface area contributed by atoms with Crippen LogP contribution in [0.1, 0.15) is 27.7 Å². The maximum absolute atomic E-state index is 12.7. The van der Waals surface area contributed by atoms with E-state index in [0.717, 1.165) is 20.6 Å². The fraction of sp³-hybridized carbons (Fsp3) is 0.333. The van der Waals surface area contributed by atoms with Crippen molar-refractivity contribution in [1.82, 2.24) is 4.90 Å². The van der Waals surface area contributed by atoms with Gasteiger partial charge in [0.15, 0.2) is 0 Å². The van der Waals surface area contributed by atoms with E-state index in [1.54, 1.807) is 18.0 Å². The van der Waals surface area contributed by atoms with Crippen molar-refractivity contribution in [3.63, 3.8) is 0 Å². The van der Waals surface area contributed by atoms with E-state index >= 15 is 0 Å². The summed E-state index contributed by atoms with van der Waals surface area (Å²) >= 11 is 4.72. The minimum absolute atomic E-state index is 0.0511. The first-order chi connectivity index (χ1) is 11.3. The Balaban J connectivity index is 2.12. The zero-order valence-corrected chi connectivity index (χ0v) is 16.7. The number of hydrogen-bond acceptors (Lipinski definition) is 3. The zero-order valence-electron chi connectivity index (χ0n) is 14.3. The third-order valence-electron chi connectivity index (χ3n) is 3.76. The molecule has 0 aliphatic carbocycles. The Labute approximate surface area is 155 Å². The van der Waals surface area contributed by atoms with Gasteiger partial charge >= 0.3 is 0 Å². The van der Waals surface area contributed by atoms with E-state index in [1.165, 1.54) is 16.2 Å². The second-order valence-corrected chi connectivity index (χ2v) is 8.16. The molecule has 0 unspecified atom stereocenters. The van der Waals surface area contributed by atoms with E-state index in [4.69, 9.17) is 0 Å². The van der Waals surface area contributed by atoms with Crippen molar-refractivity contribution >= 4 is 44.8 Å². The Kier molecular flexibility index (Phi) is 6.18. The Bertz CT molecular complexity index is 757. The number of rotatable bonds is 5. The van der Waals surface area contributed by atoms with Crippen LogP contribution in [0.4, 0.5) is 5.69 Å². The summed E-state index contributed by atoms with van der Waals surface area (Å²) in [5, 5.41) is 0. The fourth-order valence-corrected chi connectivity index (χ4v) is 3.95. The molecule has 1 aromatic carbocycles. The summed E-state index contributed by atoms with van der Waals surface area (Å²) in [7, 11) is 1.66. The van der Waals surface area contributed by atoms with Crippen LogP contribution in [0.25, 0.3) is 0 Å². The number of thiophene rings is 1. The molecule has 6 heteroatoms. The van der Waals surface area contributed by atoms with Gasteiger partial charge in [-0.2, -0.15) is 0 Å². The predicted molar refractivity (Wildman–Crippen MR) is 103 cm³/mol. The summed E-state index contributed by atoms with van der Waals surface area (Å²) < 4.78 is 0.899. The maximum atomic E-state index is 12.7. The maximum Gasteiger partial charge on any atom is 0.264 e. The van der Waals surface area contributed by atoms with Gasteiger partial charge in [-0.1, -0.05) is 17.7 Å². The van der Waals surface area contributed by atoms with Gasteiger partial charge in [0.1, 0.15) is 6.54 Å². The lowest BCUT2D eigenvalue weighted by Crippen LogP contribution is -2.41. The highest BCUT2D eigenvalue weighted by Crippen LogP contribution is 2.24. The molecule has 1 heterocycles. The number of carbonyl (C=O) groups excluding carboxylic acids is 2. The van der Waals surface area contributed by atoms with Gasteiger partial charge < -0.3 is 9.80 Å². The first-order valence-electron chi connectivity index (χ1n) is 7.72. The predicted octanol–water partition coefficient (Wildman–Crippen LogP) is 4.25. The van der Waals surface area contributed by atoms with Crippen molar-refractivity contribution in [3.8, 4) is 0 Å². The molecule has 0 fully saturated rings. The lowest BCUT2D eigenvalue weighted by molar-refractivity contribution is -0.119. The standard InChI is InChI=1S/C18H21BrN2O2S/c1-5-21(14-7-6-12(2)10-13(14)3)17(22)11-20(4)18(23)15-8-9-16(19)24-15/h6-10H,5,11H2,1-4H3. The van der Waals surface area contributed by atoms with Gasteiger partial charge in [0.25, 0.3) is 5.91 Å². The Hall–Kier alpha value is -1.66. The lowest BCUT2D eigenvalue weighted by atomic mass is 10.1. The van der Waals surface area contributed by atoms with Gasteiger partial charge in [0.2, 0.25) is 5.91 Å². The van der Waals surface area contributed by atoms with E-state index in [0.29, 0.717) is 11.4 Å². The molecule has 0 radical (unpaired) electrons. The van der Waals surface area contributed by atoms with Crippen molar-refractivity contribution in [2.45, 2.75) is 20.8 Å². The van der Waals surface area contributed by atoms with Crippen molar-refractivity contribution in [3.05, 3.63) is 50.1 Å². The largest absolute Gasteiger partial charge is 0.332 e. The first kappa shape index (κ1) is 18.7. The molecule has 24 heavy (non-hydrogen) atoms. The summed E-state index contributed by atoms with van der Waals surface area (Å²) in [5.41, 5.74) is 3.12. The Morgan fingerprint density at radius 3 is 2.42 bits per heavy atom. The Morgan fingerprint density at radius 1 is 1.17 bits per heavy atom. The smallest absolute Gasteiger partial charge is 0.264 e. The van der Waals surface area contributed by atoms with Crippen LogP contribution < -0.4 is 4.90 Å². The molecular weight excluding hydrogens is 388 g/mol. The molecule has 2 aromatic rings. The number of aryl methyl sites for hydroxylation is 2. The molecule has 0 aliphatic rings. The highest BCUT2D eigenvalue weighted by atomic mass is 79.9. The number of benzene rings is 1. The second kappa shape index (κ2) is 7.94. The van der Waals surface area contributed by atoms with Crippen molar-refractivity contribution in [2.24, 2.45) is 0 Å². The Morgan fingerprint density at radius 2 is 1.88 bits per heavy atom. The molecule has 0 N–H and O–H groups in total. The SMILES string of the molecule is CCN(C(=O)CN(C)C(=O)c1ccc(Br)s1)c1ccc(C)cc1C. The van der Waals surface area contributed by atoms with Crippen LogP contribution in [0.3, 0.4) is 0 Å². The molecule has 0 saturated heterocycles. The van der Waals surface area contributed by atoms with Gasteiger partial charge in [-0.3, -0.25) is 9.59 Å². The minimum atomic E-state index is -0.143. The van der Waals surface area contributed by atoms with E-state index in [-0.39, 0.29) is 18.4 Å². The lowest BCUT2D eigenvalue weighted by Gasteiger charge is -2.26. The highest BCUT2D eigenvalue weighted by Gasteiger charge is 2.21. The molecule has 0 aliphatic heterocycles. The molecule has 0 spiro atoms. The number of nitrogens with zero attached hydrogens (tertiary/aromatic N) is 2. The topological polar surface area (TPSA) is 40.6 Å². The first-order valence-corrected chi connectivity index (χ1v) is 9.32. The van der Waals surface area contributed by atoms with Crippen molar-refractivity contribution < 1.29 is 9.59 Å². The van der Waals surface area contributed by atoms with Crippen LogP contribution in [0, 0.1) is 13.8 Å². The van der Waals surface area contributed by atoms with Gasteiger partial charge in [0.05, 0.1) is 8.66 Å². The second-order valence-electron chi connectivity index (χ2n) is 5.69. The third kappa shape index (κ3) is 4.24. The summed E-state index contributed by atoms with van der Waals surface area (Å²) in [5.74, 6) is -0.230. The third-order valence-corrected chi connectivity index (χ3v) is 5.38. The average Bonchev–Trinajstić information content (AvgIpc) is 2.95. The van der Waals surface area contributed by atoms with Gasteiger partial charge in [0, 0.05) is 19.3 Å². The normalized spacial score (nSPS) is 10.5. The van der Waals surface area contributed by atoms with Gasteiger partial charge in [-0.25, -0.2) is 0 Å². The molecule has 2 rings (SSSR count). The average molecular weight is 409 g/mol. The molecule has 1 aromatic heterocycles. The van der Waals surface area contributed by atoms with Gasteiger partial charge in [-0.05, 0) is 60.5 Å². The molecule has 0 atom stereocenters. The monoisotopic (exact) mass is 408 g/mol. The van der Waals surface area contributed by atoms with E-state index in [2.05, 4.69) is 22.0 Å². The van der Waals surface area contributed by atoms with Crippen LogP contribution in [0.15, 0.2) is 34.1 Å². The van der Waals surface area contributed by atoms with Gasteiger partial charge in [-0.15, -0.1) is 11.3 Å². The van der Waals surface area contributed by atoms with E-state index in [1.807, 2.05) is 39.0 Å². The van der Waals surface area contributed by atoms with Crippen LogP contribution >= 0.6 is 27.3 Å². The summed E-state index contributed by atoms with van der Waals surface area (Å²) in [6.45, 7) is 6.58. The molecule has 0 saturated carbocycles. The zero-order chi connectivity index (χ0) is 17.9. The van der Waals surface area contributed by atoms with Crippen LogP contribution in [-0.4, -0.2) is 36.9 Å². The number of amides is 2. The number of likely N-dealkylation sites (N-methyl/N-ethyl adjacent to an activating group) is 2. The summed E-state index contributed by atoms with van der Waals surface area (Å²) in [6.07, 6.45) is 0. The van der Waals surface area contributed by atoms with Crippen molar-refractivity contribution in [2.75, 3.05) is 25.0 Å². The van der Waals surface area contributed by atoms with Crippen LogP contribution in [0.5, 0.6) is 0 Å². The summed E-state index contributed by atoms with van der Waals surface area (Å²) in [6, 6.07) is 9.62. The molecule has 2 amide bonds. The van der Waals surface area contributed by atoms with Crippen LogP contribution in [-0.2, 0) is 4.79 Å². The summed E-state index contributed by atoms with van der Waals surface area (Å²) in [4.78, 5) is 28.9. The molecular formula is C18H21BrN2O2S. The number of hydrogen-bond donors (Lipinski definition) is 0. The molecule has 0 bridgehead atoms. The quantitative estimate of drug-likeness (QED) is 0.741. The molecule has 4 nitrogen and oxygen atoms in total. The van der Waals surface area contributed by atoms with E-state index in [9.17, 15) is 9.59 Å². The van der Waals surface area contributed by atoms with Crippen LogP contribution in [0.2, 0.25) is 0 Å². The van der Waals surface area contributed by atoms with Crippen molar-refractivity contribution in [1.29, 1.82) is 0 Å².